The third kappa shape index (κ3) is 5.23. The van der Waals surface area contributed by atoms with E-state index in [1.807, 2.05) is 6.92 Å². The van der Waals surface area contributed by atoms with Gasteiger partial charge in [-0.15, -0.1) is 0 Å². The molecule has 0 aliphatic carbocycles. The minimum absolute atomic E-state index is 0.0654. The molecule has 1 aliphatic heterocycles. The molecule has 6 heteroatoms. The fourth-order valence-corrected chi connectivity index (χ4v) is 1.80. The molecule has 0 bridgehead atoms. The third-order valence-corrected chi connectivity index (χ3v) is 3.15. The molecule has 1 N–H and O–H groups in total. The van der Waals surface area contributed by atoms with Gasteiger partial charge in [0.05, 0.1) is 6.10 Å². The van der Waals surface area contributed by atoms with Crippen molar-refractivity contribution in [1.29, 1.82) is 0 Å². The second-order valence-corrected chi connectivity index (χ2v) is 4.63. The molecule has 1 heterocycles. The fraction of sp³-hybridized carbons (Fsp3) is 1.00. The number of rotatable bonds is 6. The zero-order valence-electron chi connectivity index (χ0n) is 10.3. The summed E-state index contributed by atoms with van der Waals surface area (Å²) < 4.78 is 45.3. The van der Waals surface area contributed by atoms with Gasteiger partial charge in [-0.1, -0.05) is 0 Å². The van der Waals surface area contributed by atoms with Gasteiger partial charge in [-0.2, -0.15) is 13.2 Å². The zero-order valence-corrected chi connectivity index (χ0v) is 10.3. The Labute approximate surface area is 99.7 Å². The summed E-state index contributed by atoms with van der Waals surface area (Å²) in [7, 11) is 0. The summed E-state index contributed by atoms with van der Waals surface area (Å²) in [5.74, 6) is 0. The average Bonchev–Trinajstić information content (AvgIpc) is 2.52. The van der Waals surface area contributed by atoms with Crippen molar-refractivity contribution in [2.24, 2.45) is 0 Å². The van der Waals surface area contributed by atoms with Crippen LogP contribution in [0, 0.1) is 0 Å². The van der Waals surface area contributed by atoms with Crippen LogP contribution in [0.15, 0.2) is 0 Å². The highest BCUT2D eigenvalue weighted by molar-refractivity contribution is 4.93. The topological polar surface area (TPSA) is 30.5 Å². The lowest BCUT2D eigenvalue weighted by Gasteiger charge is -2.29. The van der Waals surface area contributed by atoms with Gasteiger partial charge in [0.25, 0.3) is 0 Å². The molecule has 0 radical (unpaired) electrons. The summed E-state index contributed by atoms with van der Waals surface area (Å²) in [6, 6.07) is 0. The van der Waals surface area contributed by atoms with Gasteiger partial charge in [-0.25, -0.2) is 0 Å². The minimum atomic E-state index is -4.23. The van der Waals surface area contributed by atoms with Crippen molar-refractivity contribution in [2.75, 3.05) is 26.4 Å². The quantitative estimate of drug-likeness (QED) is 0.737. The van der Waals surface area contributed by atoms with Crippen LogP contribution in [0.25, 0.3) is 0 Å². The molecule has 0 amide bonds. The summed E-state index contributed by atoms with van der Waals surface area (Å²) in [4.78, 5) is 0. The van der Waals surface area contributed by atoms with Gasteiger partial charge in [0.2, 0.25) is 0 Å². The molecule has 0 spiro atoms. The molecule has 0 saturated carbocycles. The molecule has 1 aliphatic rings. The van der Waals surface area contributed by atoms with Crippen LogP contribution in [0.4, 0.5) is 13.2 Å². The molecule has 102 valence electrons. The van der Waals surface area contributed by atoms with E-state index in [1.54, 1.807) is 0 Å². The van der Waals surface area contributed by atoms with E-state index in [1.165, 1.54) is 0 Å². The van der Waals surface area contributed by atoms with Crippen molar-refractivity contribution in [3.05, 3.63) is 0 Å². The molecule has 2 unspecified atom stereocenters. The Morgan fingerprint density at radius 1 is 1.47 bits per heavy atom. The number of halogens is 3. The Hall–Kier alpha value is -0.330. The molecule has 1 fully saturated rings. The van der Waals surface area contributed by atoms with Crippen LogP contribution in [0.1, 0.15) is 26.7 Å². The van der Waals surface area contributed by atoms with Crippen LogP contribution in [0.2, 0.25) is 0 Å². The largest absolute Gasteiger partial charge is 0.411 e. The van der Waals surface area contributed by atoms with Crippen LogP contribution in [0.3, 0.4) is 0 Å². The number of hydrogen-bond donors (Lipinski definition) is 1. The summed E-state index contributed by atoms with van der Waals surface area (Å²) in [6.07, 6.45) is -2.60. The van der Waals surface area contributed by atoms with E-state index in [2.05, 4.69) is 17.0 Å². The van der Waals surface area contributed by atoms with Gasteiger partial charge in [-0.05, 0) is 33.2 Å². The number of nitrogens with one attached hydrogen (secondary N) is 1. The van der Waals surface area contributed by atoms with Crippen molar-refractivity contribution in [3.8, 4) is 0 Å². The minimum Gasteiger partial charge on any atom is -0.377 e. The number of ether oxygens (including phenoxy) is 2. The Morgan fingerprint density at radius 2 is 2.18 bits per heavy atom. The summed E-state index contributed by atoms with van der Waals surface area (Å²) in [6.45, 7) is 4.40. The number of alkyl halides is 3. The van der Waals surface area contributed by atoms with E-state index >= 15 is 0 Å². The Bertz CT molecular complexity index is 235. The highest BCUT2D eigenvalue weighted by Crippen LogP contribution is 2.24. The highest BCUT2D eigenvalue weighted by Gasteiger charge is 2.36. The molecule has 0 aromatic carbocycles. The van der Waals surface area contributed by atoms with E-state index in [-0.39, 0.29) is 18.2 Å². The molecule has 0 aromatic rings. The van der Waals surface area contributed by atoms with Crippen molar-refractivity contribution < 1.29 is 22.6 Å². The SMILES string of the molecule is CC1OCCC1(C)NCCCOCC(F)(F)F. The predicted octanol–water partition coefficient (Wildman–Crippen LogP) is 2.11. The first-order valence-corrected chi connectivity index (χ1v) is 5.85. The number of hydrogen-bond acceptors (Lipinski definition) is 3. The summed E-state index contributed by atoms with van der Waals surface area (Å²) in [5, 5.41) is 3.32. The van der Waals surface area contributed by atoms with Gasteiger partial charge < -0.3 is 14.8 Å². The lowest BCUT2D eigenvalue weighted by molar-refractivity contribution is -0.174. The van der Waals surface area contributed by atoms with Crippen LogP contribution in [0.5, 0.6) is 0 Å². The molecule has 1 rings (SSSR count). The lowest BCUT2D eigenvalue weighted by Crippen LogP contribution is -2.48. The van der Waals surface area contributed by atoms with Gasteiger partial charge in [0.15, 0.2) is 0 Å². The summed E-state index contributed by atoms with van der Waals surface area (Å²) >= 11 is 0. The van der Waals surface area contributed by atoms with Gasteiger partial charge >= 0.3 is 6.18 Å². The predicted molar refractivity (Wildman–Crippen MR) is 57.9 cm³/mol. The van der Waals surface area contributed by atoms with Crippen molar-refractivity contribution in [1.82, 2.24) is 5.32 Å². The van der Waals surface area contributed by atoms with Crippen molar-refractivity contribution in [3.63, 3.8) is 0 Å². The molecular weight excluding hydrogens is 235 g/mol. The van der Waals surface area contributed by atoms with Gasteiger partial charge in [0.1, 0.15) is 6.61 Å². The lowest BCUT2D eigenvalue weighted by atomic mass is 9.95. The van der Waals surface area contributed by atoms with Gasteiger partial charge in [0, 0.05) is 18.8 Å². The Kier molecular flexibility index (Phi) is 5.22. The maximum absolute atomic E-state index is 11.8. The van der Waals surface area contributed by atoms with E-state index in [0.29, 0.717) is 13.0 Å². The smallest absolute Gasteiger partial charge is 0.377 e. The fourth-order valence-electron chi connectivity index (χ4n) is 1.80. The first kappa shape index (κ1) is 14.7. The van der Waals surface area contributed by atoms with Crippen LogP contribution in [-0.4, -0.2) is 44.2 Å². The third-order valence-electron chi connectivity index (χ3n) is 3.15. The first-order chi connectivity index (χ1) is 7.83. The molecule has 3 nitrogen and oxygen atoms in total. The van der Waals surface area contributed by atoms with Crippen LogP contribution >= 0.6 is 0 Å². The van der Waals surface area contributed by atoms with Crippen LogP contribution < -0.4 is 5.32 Å². The van der Waals surface area contributed by atoms with E-state index in [0.717, 1.165) is 13.0 Å². The normalized spacial score (nSPS) is 29.8. The molecule has 2 atom stereocenters. The van der Waals surface area contributed by atoms with E-state index in [9.17, 15) is 13.2 Å². The summed E-state index contributed by atoms with van der Waals surface area (Å²) in [5.41, 5.74) is -0.0654. The molecule has 17 heavy (non-hydrogen) atoms. The monoisotopic (exact) mass is 255 g/mol. The molecule has 0 aromatic heterocycles. The van der Waals surface area contributed by atoms with Gasteiger partial charge in [-0.3, -0.25) is 0 Å². The second-order valence-electron chi connectivity index (χ2n) is 4.63. The zero-order chi connectivity index (χ0) is 12.9. The maximum Gasteiger partial charge on any atom is 0.411 e. The molecular formula is C11H20F3NO2. The Balaban J connectivity index is 2.04. The van der Waals surface area contributed by atoms with Crippen molar-refractivity contribution >= 4 is 0 Å². The maximum atomic E-state index is 11.8. The average molecular weight is 255 g/mol. The van der Waals surface area contributed by atoms with Crippen LogP contribution in [-0.2, 0) is 9.47 Å². The highest BCUT2D eigenvalue weighted by atomic mass is 19.4. The first-order valence-electron chi connectivity index (χ1n) is 5.85. The molecule has 1 saturated heterocycles. The second kappa shape index (κ2) is 6.02. The standard InChI is InChI=1S/C11H20F3NO2/c1-9-10(2,4-7-17-9)15-5-3-6-16-8-11(12,13)14/h9,15H,3-8H2,1-2H3. The Morgan fingerprint density at radius 3 is 2.71 bits per heavy atom. The van der Waals surface area contributed by atoms with Crippen molar-refractivity contribution in [2.45, 2.75) is 44.5 Å². The van der Waals surface area contributed by atoms with E-state index in [4.69, 9.17) is 4.74 Å². The van der Waals surface area contributed by atoms with E-state index < -0.39 is 12.8 Å².